The van der Waals surface area contributed by atoms with Crippen molar-refractivity contribution < 1.29 is 14.3 Å². The Morgan fingerprint density at radius 3 is 2.65 bits per heavy atom. The minimum Gasteiger partial charge on any atom is -0.486 e. The highest BCUT2D eigenvalue weighted by Crippen LogP contribution is 2.54. The van der Waals surface area contributed by atoms with Crippen LogP contribution in [0.25, 0.3) is 6.08 Å². The fraction of sp³-hybridized carbons (Fsp3) is 0.333. The number of piperidine rings is 1. The number of hydrogen-bond donors (Lipinski definition) is 1. The second kappa shape index (κ2) is 11.5. The Labute approximate surface area is 248 Å². The second-order valence-electron chi connectivity index (χ2n) is 10.4. The van der Waals surface area contributed by atoms with Gasteiger partial charge in [-0.1, -0.05) is 53.0 Å². The minimum absolute atomic E-state index is 0.144. The zero-order valence-electron chi connectivity index (χ0n) is 21.8. The molecule has 0 unspecified atom stereocenters. The van der Waals surface area contributed by atoms with Crippen molar-refractivity contribution in [1.82, 2.24) is 15.2 Å². The quantitative estimate of drug-likeness (QED) is 0.335. The highest BCUT2D eigenvalue weighted by Gasteiger charge is 2.49. The summed E-state index contributed by atoms with van der Waals surface area (Å²) >= 11 is 18.2. The summed E-state index contributed by atoms with van der Waals surface area (Å²) in [5.74, 6) is 1.54. The van der Waals surface area contributed by atoms with Gasteiger partial charge in [-0.05, 0) is 73.5 Å². The molecule has 1 fully saturated rings. The summed E-state index contributed by atoms with van der Waals surface area (Å²) in [6.07, 6.45) is 7.68. The van der Waals surface area contributed by atoms with Crippen LogP contribution in [0.2, 0.25) is 15.2 Å². The molecule has 1 spiro atoms. The summed E-state index contributed by atoms with van der Waals surface area (Å²) in [6, 6.07) is 13.0. The van der Waals surface area contributed by atoms with Crippen LogP contribution in [-0.2, 0) is 12.0 Å². The van der Waals surface area contributed by atoms with Gasteiger partial charge in [-0.25, -0.2) is 9.78 Å². The highest BCUT2D eigenvalue weighted by molar-refractivity contribution is 6.42. The van der Waals surface area contributed by atoms with Crippen LogP contribution in [0.3, 0.4) is 0 Å². The van der Waals surface area contributed by atoms with Crippen LogP contribution < -0.4 is 19.7 Å². The molecule has 0 aliphatic carbocycles. The first kappa shape index (κ1) is 27.2. The predicted octanol–water partition coefficient (Wildman–Crippen LogP) is 6.59. The molecule has 1 N–H and O–H groups in total. The number of urea groups is 1. The lowest BCUT2D eigenvalue weighted by molar-refractivity contribution is 0.154. The topological polar surface area (TPSA) is 66.9 Å². The van der Waals surface area contributed by atoms with E-state index in [9.17, 15) is 4.79 Å². The van der Waals surface area contributed by atoms with E-state index >= 15 is 0 Å². The maximum absolute atomic E-state index is 13.5. The van der Waals surface area contributed by atoms with E-state index in [2.05, 4.69) is 27.4 Å². The zero-order valence-corrected chi connectivity index (χ0v) is 24.1. The van der Waals surface area contributed by atoms with Crippen LogP contribution in [0.5, 0.6) is 11.5 Å². The molecule has 0 saturated carbocycles. The van der Waals surface area contributed by atoms with E-state index in [-0.39, 0.29) is 11.4 Å². The van der Waals surface area contributed by atoms with E-state index in [1.54, 1.807) is 12.3 Å². The Morgan fingerprint density at radius 2 is 1.85 bits per heavy atom. The zero-order chi connectivity index (χ0) is 27.7. The number of anilines is 1. The van der Waals surface area contributed by atoms with Crippen LogP contribution in [0.4, 0.5) is 10.5 Å². The van der Waals surface area contributed by atoms with Gasteiger partial charge in [0.25, 0.3) is 0 Å². The number of pyridine rings is 1. The molecule has 3 aliphatic rings. The number of nitrogens with one attached hydrogen (secondary N) is 1. The van der Waals surface area contributed by atoms with Crippen LogP contribution >= 0.6 is 34.8 Å². The Bertz CT molecular complexity index is 1460. The minimum atomic E-state index is -0.206. The van der Waals surface area contributed by atoms with E-state index in [1.807, 2.05) is 41.3 Å². The molecule has 3 aromatic rings. The Balaban J connectivity index is 1.18. The van der Waals surface area contributed by atoms with Gasteiger partial charge in [0.05, 0.1) is 15.7 Å². The van der Waals surface area contributed by atoms with Crippen LogP contribution in [0.1, 0.15) is 29.5 Å². The molecule has 2 amide bonds. The lowest BCUT2D eigenvalue weighted by atomic mass is 9.73. The largest absolute Gasteiger partial charge is 0.486 e. The van der Waals surface area contributed by atoms with Gasteiger partial charge in [0.1, 0.15) is 18.4 Å². The van der Waals surface area contributed by atoms with Crippen molar-refractivity contribution in [2.45, 2.75) is 24.8 Å². The molecule has 0 atom stereocenters. The summed E-state index contributed by atoms with van der Waals surface area (Å²) in [6.45, 7) is 4.62. The van der Waals surface area contributed by atoms with Crippen molar-refractivity contribution in [3.05, 3.63) is 86.6 Å². The number of halogens is 3. The molecule has 0 radical (unpaired) electrons. The monoisotopic (exact) mass is 598 g/mol. The molecular formula is C30H29Cl3N4O3. The first-order valence-corrected chi connectivity index (χ1v) is 14.5. The summed E-state index contributed by atoms with van der Waals surface area (Å²) in [5.41, 5.74) is 3.70. The number of fused-ring (bicyclic) bond motifs is 4. The number of hydrogen-bond acceptors (Lipinski definition) is 5. The van der Waals surface area contributed by atoms with E-state index in [0.717, 1.165) is 66.4 Å². The average molecular weight is 600 g/mol. The average Bonchev–Trinajstić information content (AvgIpc) is 3.29. The molecule has 40 heavy (non-hydrogen) atoms. The number of aromatic nitrogens is 1. The van der Waals surface area contributed by atoms with Gasteiger partial charge in [0.15, 0.2) is 11.5 Å². The summed E-state index contributed by atoms with van der Waals surface area (Å²) in [5, 5.41) is 4.57. The summed E-state index contributed by atoms with van der Waals surface area (Å²) in [7, 11) is 0. The fourth-order valence-corrected chi connectivity index (χ4v) is 6.35. The molecule has 1 saturated heterocycles. The number of nitrogens with zero attached hydrogens (tertiary/aromatic N) is 3. The number of amides is 2. The summed E-state index contributed by atoms with van der Waals surface area (Å²) < 4.78 is 12.1. The molecule has 10 heteroatoms. The van der Waals surface area contributed by atoms with Gasteiger partial charge in [-0.3, -0.25) is 9.80 Å². The number of ether oxygens (including phenoxy) is 2. The molecule has 7 nitrogen and oxygen atoms in total. The third-order valence-electron chi connectivity index (χ3n) is 7.88. The molecule has 4 heterocycles. The molecule has 3 aliphatic heterocycles. The maximum Gasteiger partial charge on any atom is 0.322 e. The maximum atomic E-state index is 13.5. The van der Waals surface area contributed by atoms with Crippen LogP contribution in [-0.4, -0.2) is 55.3 Å². The molecule has 1 aromatic heterocycles. The third-order valence-corrected chi connectivity index (χ3v) is 8.83. The van der Waals surface area contributed by atoms with Gasteiger partial charge < -0.3 is 14.8 Å². The van der Waals surface area contributed by atoms with Crippen LogP contribution in [0.15, 0.2) is 54.7 Å². The lowest BCUT2D eigenvalue weighted by Gasteiger charge is -2.40. The molecule has 6 rings (SSSR count). The number of carbonyl (C=O) groups is 1. The predicted molar refractivity (Wildman–Crippen MR) is 159 cm³/mol. The van der Waals surface area contributed by atoms with Crippen molar-refractivity contribution >= 4 is 52.6 Å². The lowest BCUT2D eigenvalue weighted by Crippen LogP contribution is -2.47. The highest BCUT2D eigenvalue weighted by atomic mass is 35.5. The van der Waals surface area contributed by atoms with Crippen molar-refractivity contribution in [3.8, 4) is 11.5 Å². The molecular weight excluding hydrogens is 571 g/mol. The number of carbonyl (C=O) groups excluding carboxylic acids is 1. The van der Waals surface area contributed by atoms with Gasteiger partial charge in [0.2, 0.25) is 0 Å². The number of likely N-dealkylation sites (tertiary alicyclic amines) is 1. The normalized spacial score (nSPS) is 17.8. The molecule has 0 bridgehead atoms. The van der Waals surface area contributed by atoms with Crippen molar-refractivity contribution in [2.24, 2.45) is 0 Å². The standard InChI is InChI=1S/C30H29Cl3N4O3/c31-22-4-3-20(16-23(22)32)2-1-11-36-12-8-30(9-13-36)19-37(29(38)35-18-21-7-10-34-26(33)17-21)24-5-6-25-28(27(24)30)40-15-14-39-25/h1-7,10,16-17H,8-9,11-15,18-19H2,(H,35,38). The van der Waals surface area contributed by atoms with Gasteiger partial charge >= 0.3 is 6.03 Å². The molecule has 2 aromatic carbocycles. The smallest absolute Gasteiger partial charge is 0.322 e. The first-order chi connectivity index (χ1) is 19.4. The third kappa shape index (κ3) is 5.48. The Kier molecular flexibility index (Phi) is 7.82. The van der Waals surface area contributed by atoms with Crippen molar-refractivity contribution in [1.29, 1.82) is 0 Å². The van der Waals surface area contributed by atoms with E-state index in [1.165, 1.54) is 0 Å². The summed E-state index contributed by atoms with van der Waals surface area (Å²) in [4.78, 5) is 21.8. The van der Waals surface area contributed by atoms with Gasteiger partial charge in [0, 0.05) is 36.8 Å². The second-order valence-corrected chi connectivity index (χ2v) is 11.6. The van der Waals surface area contributed by atoms with E-state index < -0.39 is 0 Å². The number of rotatable bonds is 5. The molecule has 208 valence electrons. The SMILES string of the molecule is O=C(NCc1ccnc(Cl)c1)N1CC2(CCN(CC=Cc3ccc(Cl)c(Cl)c3)CC2)c2c1ccc1c2OCCO1. The van der Waals surface area contributed by atoms with Crippen molar-refractivity contribution in [2.75, 3.05) is 44.3 Å². The van der Waals surface area contributed by atoms with E-state index in [4.69, 9.17) is 44.3 Å². The van der Waals surface area contributed by atoms with Crippen molar-refractivity contribution in [3.63, 3.8) is 0 Å². The Hall–Kier alpha value is -2.97. The number of benzene rings is 2. The Morgan fingerprint density at radius 1 is 1.02 bits per heavy atom. The van der Waals surface area contributed by atoms with E-state index in [0.29, 0.717) is 41.5 Å². The van der Waals surface area contributed by atoms with Gasteiger partial charge in [-0.2, -0.15) is 0 Å². The van der Waals surface area contributed by atoms with Crippen LogP contribution in [0, 0.1) is 0 Å². The first-order valence-electron chi connectivity index (χ1n) is 13.3. The fourth-order valence-electron chi connectivity index (χ4n) is 5.84. The van der Waals surface area contributed by atoms with Gasteiger partial charge in [-0.15, -0.1) is 0 Å².